The lowest BCUT2D eigenvalue weighted by Gasteiger charge is -2.42. The third-order valence-electron chi connectivity index (χ3n) is 6.43. The molecule has 1 unspecified atom stereocenters. The highest BCUT2D eigenvalue weighted by atomic mass is 35.5. The van der Waals surface area contributed by atoms with Crippen molar-refractivity contribution in [1.82, 2.24) is 4.90 Å². The standard InChI is InChI=1S/C29H26ClN3O3S/c1-2-35-27-10-6-5-9-26(27)32-18-33-28(34)15-23(24(16-31)29(33)37-19-32)20-11-13-22(14-12-20)36-17-21-7-3-4-8-25(21)30/h3-14,23H,2,15,17-19H2,1H3. The Labute approximate surface area is 226 Å². The fraction of sp³-hybridized carbons (Fsp3) is 0.241. The molecule has 3 aromatic rings. The summed E-state index contributed by atoms with van der Waals surface area (Å²) in [5.41, 5.74) is 3.41. The quantitative estimate of drug-likeness (QED) is 0.345. The van der Waals surface area contributed by atoms with Gasteiger partial charge >= 0.3 is 0 Å². The summed E-state index contributed by atoms with van der Waals surface area (Å²) < 4.78 is 11.7. The monoisotopic (exact) mass is 531 g/mol. The summed E-state index contributed by atoms with van der Waals surface area (Å²) in [7, 11) is 0. The summed E-state index contributed by atoms with van der Waals surface area (Å²) in [6.07, 6.45) is 0.244. The van der Waals surface area contributed by atoms with E-state index in [0.717, 1.165) is 27.6 Å². The van der Waals surface area contributed by atoms with Crippen LogP contribution in [0.25, 0.3) is 0 Å². The van der Waals surface area contributed by atoms with Crippen LogP contribution in [0.5, 0.6) is 11.5 Å². The van der Waals surface area contributed by atoms with Crippen molar-refractivity contribution in [3.05, 3.63) is 99.5 Å². The van der Waals surface area contributed by atoms with Crippen molar-refractivity contribution >= 4 is 35.0 Å². The first-order valence-electron chi connectivity index (χ1n) is 12.1. The smallest absolute Gasteiger partial charge is 0.229 e. The fourth-order valence-corrected chi connectivity index (χ4v) is 5.92. The molecule has 1 atom stereocenters. The molecule has 6 nitrogen and oxygen atoms in total. The van der Waals surface area contributed by atoms with Gasteiger partial charge in [-0.05, 0) is 42.8 Å². The van der Waals surface area contributed by atoms with Crippen LogP contribution in [0.3, 0.4) is 0 Å². The van der Waals surface area contributed by atoms with Crippen molar-refractivity contribution in [3.8, 4) is 17.6 Å². The molecule has 2 heterocycles. The molecule has 0 aromatic heterocycles. The normalized spacial score (nSPS) is 17.3. The minimum absolute atomic E-state index is 0.00383. The molecule has 2 aliphatic heterocycles. The van der Waals surface area contributed by atoms with Crippen LogP contribution in [0, 0.1) is 11.3 Å². The molecule has 0 radical (unpaired) electrons. The summed E-state index contributed by atoms with van der Waals surface area (Å²) in [6.45, 7) is 3.27. The molecule has 1 saturated heterocycles. The SMILES string of the molecule is CCOc1ccccc1N1CSC2=C(C#N)C(c3ccc(OCc4ccccc4Cl)cc3)CC(=O)N2C1. The van der Waals surface area contributed by atoms with E-state index in [4.69, 9.17) is 21.1 Å². The predicted octanol–water partition coefficient (Wildman–Crippen LogP) is 6.54. The van der Waals surface area contributed by atoms with Crippen molar-refractivity contribution in [2.75, 3.05) is 24.1 Å². The number of benzene rings is 3. The number of para-hydroxylation sites is 2. The number of amides is 1. The van der Waals surface area contributed by atoms with Crippen molar-refractivity contribution in [2.24, 2.45) is 0 Å². The van der Waals surface area contributed by atoms with Gasteiger partial charge in [-0.2, -0.15) is 5.26 Å². The average Bonchev–Trinajstić information content (AvgIpc) is 2.93. The van der Waals surface area contributed by atoms with E-state index in [1.54, 1.807) is 4.90 Å². The average molecular weight is 532 g/mol. The molecule has 3 aromatic carbocycles. The first-order chi connectivity index (χ1) is 18.1. The molecule has 1 fully saturated rings. The molecule has 0 bridgehead atoms. The highest BCUT2D eigenvalue weighted by Crippen LogP contribution is 2.44. The zero-order chi connectivity index (χ0) is 25.8. The maximum atomic E-state index is 13.3. The molecule has 0 spiro atoms. The minimum Gasteiger partial charge on any atom is -0.492 e. The van der Waals surface area contributed by atoms with E-state index >= 15 is 0 Å². The fourth-order valence-electron chi connectivity index (χ4n) is 4.57. The first kappa shape index (κ1) is 25.1. The summed E-state index contributed by atoms with van der Waals surface area (Å²) in [6, 6.07) is 25.4. The van der Waals surface area contributed by atoms with Crippen LogP contribution >= 0.6 is 23.4 Å². The van der Waals surface area contributed by atoms with Crippen LogP contribution < -0.4 is 14.4 Å². The van der Waals surface area contributed by atoms with Gasteiger partial charge in [-0.1, -0.05) is 65.8 Å². The number of rotatable bonds is 7. The van der Waals surface area contributed by atoms with Gasteiger partial charge in [0.25, 0.3) is 0 Å². The molecule has 0 N–H and O–H groups in total. The highest BCUT2D eigenvalue weighted by molar-refractivity contribution is 8.03. The van der Waals surface area contributed by atoms with Gasteiger partial charge in [0.15, 0.2) is 0 Å². The lowest BCUT2D eigenvalue weighted by atomic mass is 9.86. The van der Waals surface area contributed by atoms with Gasteiger partial charge in [-0.25, -0.2) is 0 Å². The summed E-state index contributed by atoms with van der Waals surface area (Å²) in [5, 5.41) is 11.5. The number of fused-ring (bicyclic) bond motifs is 1. The number of anilines is 1. The molecule has 5 rings (SSSR count). The zero-order valence-corrected chi connectivity index (χ0v) is 22.0. The number of nitrogens with zero attached hydrogens (tertiary/aromatic N) is 3. The van der Waals surface area contributed by atoms with Gasteiger partial charge in [0, 0.05) is 22.9 Å². The molecule has 0 saturated carbocycles. The van der Waals surface area contributed by atoms with E-state index in [9.17, 15) is 10.1 Å². The van der Waals surface area contributed by atoms with Crippen LogP contribution in [0.2, 0.25) is 5.02 Å². The number of nitriles is 1. The van der Waals surface area contributed by atoms with Crippen LogP contribution in [0.4, 0.5) is 5.69 Å². The number of hydrogen-bond acceptors (Lipinski definition) is 6. The first-order valence-corrected chi connectivity index (χ1v) is 13.5. The Morgan fingerprint density at radius 1 is 1.05 bits per heavy atom. The Balaban J connectivity index is 1.33. The Bertz CT molecular complexity index is 1370. The minimum atomic E-state index is -0.281. The van der Waals surface area contributed by atoms with Gasteiger partial charge < -0.3 is 14.4 Å². The molecular weight excluding hydrogens is 506 g/mol. The Morgan fingerprint density at radius 2 is 1.81 bits per heavy atom. The molecule has 8 heteroatoms. The van der Waals surface area contributed by atoms with Gasteiger partial charge in [-0.3, -0.25) is 9.69 Å². The third kappa shape index (κ3) is 5.27. The van der Waals surface area contributed by atoms with Crippen molar-refractivity contribution in [1.29, 1.82) is 5.26 Å². The maximum Gasteiger partial charge on any atom is 0.229 e. The molecule has 2 aliphatic rings. The van der Waals surface area contributed by atoms with E-state index in [-0.39, 0.29) is 18.2 Å². The van der Waals surface area contributed by atoms with Crippen LogP contribution in [0.1, 0.15) is 30.4 Å². The largest absolute Gasteiger partial charge is 0.492 e. The second-order valence-corrected chi connectivity index (χ2v) is 10.1. The summed E-state index contributed by atoms with van der Waals surface area (Å²) in [4.78, 5) is 17.1. The maximum absolute atomic E-state index is 13.3. The van der Waals surface area contributed by atoms with Crippen molar-refractivity contribution in [3.63, 3.8) is 0 Å². The Hall–Kier alpha value is -3.60. The van der Waals surface area contributed by atoms with Crippen molar-refractivity contribution < 1.29 is 14.3 Å². The number of carbonyl (C=O) groups excluding carboxylic acids is 1. The Kier molecular flexibility index (Phi) is 7.59. The van der Waals surface area contributed by atoms with Gasteiger partial charge in [0.2, 0.25) is 5.91 Å². The Morgan fingerprint density at radius 3 is 2.57 bits per heavy atom. The van der Waals surface area contributed by atoms with E-state index in [0.29, 0.717) is 42.1 Å². The number of ether oxygens (including phenoxy) is 2. The lowest BCUT2D eigenvalue weighted by molar-refractivity contribution is -0.129. The topological polar surface area (TPSA) is 65.8 Å². The van der Waals surface area contributed by atoms with Crippen LogP contribution in [-0.4, -0.2) is 30.0 Å². The van der Waals surface area contributed by atoms with Gasteiger partial charge in [0.05, 0.1) is 41.5 Å². The van der Waals surface area contributed by atoms with E-state index < -0.39 is 0 Å². The zero-order valence-electron chi connectivity index (χ0n) is 20.4. The van der Waals surface area contributed by atoms with Gasteiger partial charge in [0.1, 0.15) is 18.1 Å². The molecule has 1 amide bonds. The predicted molar refractivity (Wildman–Crippen MR) is 146 cm³/mol. The van der Waals surface area contributed by atoms with E-state index in [1.165, 1.54) is 11.8 Å². The number of allylic oxidation sites excluding steroid dienone is 1. The third-order valence-corrected chi connectivity index (χ3v) is 7.96. The van der Waals surface area contributed by atoms with Gasteiger partial charge in [-0.15, -0.1) is 0 Å². The molecule has 188 valence electrons. The summed E-state index contributed by atoms with van der Waals surface area (Å²) >= 11 is 7.74. The second-order valence-electron chi connectivity index (χ2n) is 8.71. The second kappa shape index (κ2) is 11.2. The number of halogens is 1. The highest BCUT2D eigenvalue weighted by Gasteiger charge is 2.38. The van der Waals surface area contributed by atoms with E-state index in [2.05, 4.69) is 11.0 Å². The molecular formula is C29H26ClN3O3S. The van der Waals surface area contributed by atoms with E-state index in [1.807, 2.05) is 79.7 Å². The molecule has 37 heavy (non-hydrogen) atoms. The van der Waals surface area contributed by atoms with Crippen molar-refractivity contribution in [2.45, 2.75) is 25.9 Å². The lowest BCUT2D eigenvalue weighted by Crippen LogP contribution is -2.47. The number of carbonyl (C=O) groups is 1. The van der Waals surface area contributed by atoms with Crippen LogP contribution in [0.15, 0.2) is 83.4 Å². The van der Waals surface area contributed by atoms with Crippen LogP contribution in [-0.2, 0) is 11.4 Å². The number of thioether (sulfide) groups is 1. The molecule has 0 aliphatic carbocycles. The summed E-state index contributed by atoms with van der Waals surface area (Å²) in [5.74, 6) is 1.84. The number of hydrogen-bond donors (Lipinski definition) is 0.